The van der Waals surface area contributed by atoms with E-state index >= 15 is 0 Å². The van der Waals surface area contributed by atoms with Crippen LogP contribution in [0.5, 0.6) is 0 Å². The van der Waals surface area contributed by atoms with E-state index in [1.807, 2.05) is 12.1 Å². The number of carbonyl (C=O) groups excluding carboxylic acids is 2. The van der Waals surface area contributed by atoms with Crippen LogP contribution >= 0.6 is 0 Å². The number of ether oxygens (including phenoxy) is 1. The molecular weight excluding hydrogens is 208 g/mol. The lowest BCUT2D eigenvalue weighted by Crippen LogP contribution is -2.36. The lowest BCUT2D eigenvalue weighted by atomic mass is 10.2. The van der Waals surface area contributed by atoms with Gasteiger partial charge in [-0.25, -0.2) is 4.79 Å². The summed E-state index contributed by atoms with van der Waals surface area (Å²) in [5.41, 5.74) is 0.179. The van der Waals surface area contributed by atoms with Gasteiger partial charge in [-0.3, -0.25) is 4.79 Å². The molecule has 0 bridgehead atoms. The molecule has 5 nitrogen and oxygen atoms in total. The molecule has 1 aromatic heterocycles. The van der Waals surface area contributed by atoms with E-state index in [4.69, 9.17) is 4.74 Å². The SMILES string of the molecule is CC(C)(C)OC(=O)C(=O)NCc1ccc[nH]1. The predicted molar refractivity (Wildman–Crippen MR) is 58.5 cm³/mol. The van der Waals surface area contributed by atoms with Gasteiger partial charge in [0.05, 0.1) is 6.54 Å². The number of rotatable bonds is 2. The van der Waals surface area contributed by atoms with Crippen molar-refractivity contribution in [1.29, 1.82) is 0 Å². The van der Waals surface area contributed by atoms with Crippen molar-refractivity contribution >= 4 is 11.9 Å². The maximum atomic E-state index is 11.3. The average molecular weight is 224 g/mol. The van der Waals surface area contributed by atoms with Crippen LogP contribution in [0.4, 0.5) is 0 Å². The number of hydrogen-bond donors (Lipinski definition) is 2. The van der Waals surface area contributed by atoms with E-state index in [9.17, 15) is 9.59 Å². The number of hydrogen-bond acceptors (Lipinski definition) is 3. The lowest BCUT2D eigenvalue weighted by molar-refractivity contribution is -0.163. The molecule has 2 N–H and O–H groups in total. The van der Waals surface area contributed by atoms with Crippen LogP contribution in [0.15, 0.2) is 18.3 Å². The van der Waals surface area contributed by atoms with Gasteiger partial charge in [-0.15, -0.1) is 0 Å². The molecule has 0 saturated heterocycles. The zero-order chi connectivity index (χ0) is 12.2. The van der Waals surface area contributed by atoms with Crippen molar-refractivity contribution in [2.45, 2.75) is 32.9 Å². The molecule has 0 spiro atoms. The molecule has 0 aromatic carbocycles. The van der Waals surface area contributed by atoms with E-state index in [1.54, 1.807) is 27.0 Å². The highest BCUT2D eigenvalue weighted by Crippen LogP contribution is 2.06. The number of carbonyl (C=O) groups is 2. The second kappa shape index (κ2) is 4.83. The average Bonchev–Trinajstić information content (AvgIpc) is 2.63. The van der Waals surface area contributed by atoms with Crippen molar-refractivity contribution in [3.8, 4) is 0 Å². The Labute approximate surface area is 94.2 Å². The third-order valence-corrected chi connectivity index (χ3v) is 1.69. The molecule has 0 aliphatic rings. The molecule has 0 fully saturated rings. The van der Waals surface area contributed by atoms with Gasteiger partial charge in [0, 0.05) is 11.9 Å². The maximum absolute atomic E-state index is 11.3. The first-order chi connectivity index (χ1) is 7.38. The second-order valence-corrected chi connectivity index (χ2v) is 4.38. The van der Waals surface area contributed by atoms with Gasteiger partial charge in [-0.2, -0.15) is 0 Å². The summed E-state index contributed by atoms with van der Waals surface area (Å²) in [5.74, 6) is -1.59. The molecule has 1 amide bonds. The number of aromatic nitrogens is 1. The fourth-order valence-corrected chi connectivity index (χ4v) is 1.05. The van der Waals surface area contributed by atoms with Gasteiger partial charge < -0.3 is 15.0 Å². The molecule has 1 aromatic rings. The summed E-state index contributed by atoms with van der Waals surface area (Å²) >= 11 is 0. The van der Waals surface area contributed by atoms with Gasteiger partial charge in [0.2, 0.25) is 0 Å². The van der Waals surface area contributed by atoms with E-state index in [0.717, 1.165) is 5.69 Å². The number of nitrogens with one attached hydrogen (secondary N) is 2. The lowest BCUT2D eigenvalue weighted by Gasteiger charge is -2.18. The minimum atomic E-state index is -0.862. The monoisotopic (exact) mass is 224 g/mol. The van der Waals surface area contributed by atoms with Crippen LogP contribution in [0.2, 0.25) is 0 Å². The molecule has 16 heavy (non-hydrogen) atoms. The van der Waals surface area contributed by atoms with Crippen molar-refractivity contribution in [3.05, 3.63) is 24.0 Å². The summed E-state index contributed by atoms with van der Waals surface area (Å²) < 4.78 is 4.91. The molecule has 0 aliphatic heterocycles. The molecule has 0 aliphatic carbocycles. The molecule has 1 heterocycles. The van der Waals surface area contributed by atoms with Gasteiger partial charge in [0.1, 0.15) is 5.60 Å². The van der Waals surface area contributed by atoms with E-state index in [1.165, 1.54) is 0 Å². The molecule has 0 radical (unpaired) electrons. The van der Waals surface area contributed by atoms with Crippen molar-refractivity contribution in [2.75, 3.05) is 0 Å². The Morgan fingerprint density at radius 2 is 2.12 bits per heavy atom. The zero-order valence-corrected chi connectivity index (χ0v) is 9.66. The topological polar surface area (TPSA) is 71.2 Å². The minimum absolute atomic E-state index is 0.283. The molecule has 0 atom stereocenters. The largest absolute Gasteiger partial charge is 0.453 e. The van der Waals surface area contributed by atoms with E-state index in [-0.39, 0.29) is 6.54 Å². The van der Waals surface area contributed by atoms with Crippen molar-refractivity contribution in [1.82, 2.24) is 10.3 Å². The predicted octanol–water partition coefficient (Wildman–Crippen LogP) is 0.973. The highest BCUT2D eigenvalue weighted by atomic mass is 16.6. The van der Waals surface area contributed by atoms with Gasteiger partial charge in [-0.05, 0) is 32.9 Å². The fourth-order valence-electron chi connectivity index (χ4n) is 1.05. The molecule has 0 saturated carbocycles. The molecule has 5 heteroatoms. The summed E-state index contributed by atoms with van der Waals surface area (Å²) in [6.45, 7) is 5.42. The highest BCUT2D eigenvalue weighted by Gasteiger charge is 2.22. The van der Waals surface area contributed by atoms with Crippen LogP contribution in [0.1, 0.15) is 26.5 Å². The summed E-state index contributed by atoms with van der Waals surface area (Å²) in [6, 6.07) is 3.63. The zero-order valence-electron chi connectivity index (χ0n) is 9.66. The third-order valence-electron chi connectivity index (χ3n) is 1.69. The fraction of sp³-hybridized carbons (Fsp3) is 0.455. The summed E-state index contributed by atoms with van der Waals surface area (Å²) in [7, 11) is 0. The second-order valence-electron chi connectivity index (χ2n) is 4.38. The van der Waals surface area contributed by atoms with Crippen molar-refractivity contribution in [2.24, 2.45) is 0 Å². The smallest absolute Gasteiger partial charge is 0.397 e. The van der Waals surface area contributed by atoms with E-state index < -0.39 is 17.5 Å². The summed E-state index contributed by atoms with van der Waals surface area (Å²) in [6.07, 6.45) is 1.75. The third kappa shape index (κ3) is 4.16. The first-order valence-corrected chi connectivity index (χ1v) is 5.02. The molecule has 0 unspecified atom stereocenters. The van der Waals surface area contributed by atoms with Gasteiger partial charge in [-0.1, -0.05) is 0 Å². The molecule has 1 rings (SSSR count). The van der Waals surface area contributed by atoms with E-state index in [2.05, 4.69) is 10.3 Å². The van der Waals surface area contributed by atoms with Gasteiger partial charge >= 0.3 is 11.9 Å². The van der Waals surface area contributed by atoms with Crippen LogP contribution in [0.25, 0.3) is 0 Å². The molecule has 88 valence electrons. The highest BCUT2D eigenvalue weighted by molar-refractivity contribution is 6.32. The van der Waals surface area contributed by atoms with Gasteiger partial charge in [0.15, 0.2) is 0 Å². The Balaban J connectivity index is 2.38. The summed E-state index contributed by atoms with van der Waals surface area (Å²) in [5, 5.41) is 2.46. The number of amides is 1. The van der Waals surface area contributed by atoms with E-state index in [0.29, 0.717) is 0 Å². The Kier molecular flexibility index (Phi) is 3.71. The van der Waals surface area contributed by atoms with Crippen LogP contribution in [0, 0.1) is 0 Å². The quantitative estimate of drug-likeness (QED) is 0.581. The Hall–Kier alpha value is -1.78. The number of aromatic amines is 1. The first-order valence-electron chi connectivity index (χ1n) is 5.02. The van der Waals surface area contributed by atoms with Crippen LogP contribution in [-0.4, -0.2) is 22.5 Å². The minimum Gasteiger partial charge on any atom is -0.453 e. The van der Waals surface area contributed by atoms with Crippen LogP contribution < -0.4 is 5.32 Å². The Morgan fingerprint density at radius 1 is 1.44 bits per heavy atom. The van der Waals surface area contributed by atoms with Crippen LogP contribution in [0.3, 0.4) is 0 Å². The van der Waals surface area contributed by atoms with Crippen molar-refractivity contribution in [3.63, 3.8) is 0 Å². The van der Waals surface area contributed by atoms with Gasteiger partial charge in [0.25, 0.3) is 0 Å². The van der Waals surface area contributed by atoms with Crippen LogP contribution in [-0.2, 0) is 20.9 Å². The number of esters is 1. The normalized spacial score (nSPS) is 10.9. The van der Waals surface area contributed by atoms with Crippen molar-refractivity contribution < 1.29 is 14.3 Å². The Bertz CT molecular complexity index is 363. The number of H-pyrrole nitrogens is 1. The summed E-state index contributed by atoms with van der Waals surface area (Å²) in [4.78, 5) is 25.5. The maximum Gasteiger partial charge on any atom is 0.397 e. The molecular formula is C11H16N2O3. The first kappa shape index (κ1) is 12.3. The standard InChI is InChI=1S/C11H16N2O3/c1-11(2,3)16-10(15)9(14)13-7-8-5-4-6-12-8/h4-6,12H,7H2,1-3H3,(H,13,14). The Morgan fingerprint density at radius 3 is 2.62 bits per heavy atom.